The van der Waals surface area contributed by atoms with Crippen molar-refractivity contribution < 1.29 is 9.16 Å². The van der Waals surface area contributed by atoms with Gasteiger partial charge in [0.15, 0.2) is 0 Å². The topological polar surface area (TPSA) is 21.7 Å². The van der Waals surface area contributed by atoms with E-state index >= 15 is 0 Å². The molecule has 3 nitrogen and oxygen atoms in total. The molecule has 0 bridgehead atoms. The van der Waals surface area contributed by atoms with E-state index in [0.717, 1.165) is 12.1 Å². The zero-order chi connectivity index (χ0) is 11.4. The van der Waals surface area contributed by atoms with E-state index in [1.54, 1.807) is 7.11 Å². The van der Waals surface area contributed by atoms with Crippen LogP contribution in [0.15, 0.2) is 11.5 Å². The molecule has 84 valence electrons. The molecule has 0 saturated heterocycles. The Morgan fingerprint density at radius 1 is 1.21 bits per heavy atom. The van der Waals surface area contributed by atoms with Gasteiger partial charge >= 0.3 is 0 Å². The minimum Gasteiger partial charge on any atom is -0.520 e. The van der Waals surface area contributed by atoms with Crippen molar-refractivity contribution in [3.8, 4) is 0 Å². The molecule has 0 aromatic carbocycles. The van der Waals surface area contributed by atoms with Gasteiger partial charge in [0.05, 0.1) is 7.11 Å². The van der Waals surface area contributed by atoms with Gasteiger partial charge in [-0.25, -0.2) is 0 Å². The lowest BCUT2D eigenvalue weighted by Gasteiger charge is -2.23. The van der Waals surface area contributed by atoms with Crippen molar-refractivity contribution in [3.05, 3.63) is 11.5 Å². The van der Waals surface area contributed by atoms with E-state index in [1.165, 1.54) is 0 Å². The molecule has 0 rings (SSSR count). The quantitative estimate of drug-likeness (QED) is 0.521. The van der Waals surface area contributed by atoms with E-state index in [9.17, 15) is 0 Å². The smallest absolute Gasteiger partial charge is 0.265 e. The third-order valence-electron chi connectivity index (χ3n) is 1.49. The Labute approximate surface area is 88.8 Å². The van der Waals surface area contributed by atoms with E-state index in [-0.39, 0.29) is 0 Å². The molecule has 14 heavy (non-hydrogen) atoms. The molecule has 0 aliphatic carbocycles. The molecule has 0 radical (unpaired) electrons. The monoisotopic (exact) mass is 217 g/mol. The van der Waals surface area contributed by atoms with Gasteiger partial charge in [-0.15, -0.1) is 0 Å². The first-order valence-corrected chi connectivity index (χ1v) is 8.24. The van der Waals surface area contributed by atoms with Crippen molar-refractivity contribution in [2.24, 2.45) is 0 Å². The molecule has 0 amide bonds. The Balaban J connectivity index is 4.51. The largest absolute Gasteiger partial charge is 0.520 e. The number of ether oxygens (including phenoxy) is 1. The summed E-state index contributed by atoms with van der Waals surface area (Å²) in [6, 6.07) is 0. The maximum absolute atomic E-state index is 5.82. The van der Waals surface area contributed by atoms with Crippen LogP contribution in [0.2, 0.25) is 19.6 Å². The number of methoxy groups -OCH3 is 1. The van der Waals surface area contributed by atoms with Gasteiger partial charge < -0.3 is 14.1 Å². The van der Waals surface area contributed by atoms with Crippen LogP contribution in [-0.2, 0) is 9.16 Å². The first-order chi connectivity index (χ1) is 6.26. The summed E-state index contributed by atoms with van der Waals surface area (Å²) in [4.78, 5) is 2.10. The summed E-state index contributed by atoms with van der Waals surface area (Å²) in [5, 5.41) is 0. The van der Waals surface area contributed by atoms with E-state index < -0.39 is 8.32 Å². The van der Waals surface area contributed by atoms with Gasteiger partial charge in [-0.05, 0) is 40.7 Å². The molecule has 0 aromatic heterocycles. The molecule has 0 aliphatic rings. The average molecular weight is 217 g/mol. The summed E-state index contributed by atoms with van der Waals surface area (Å²) in [6.07, 6.45) is 0. The number of nitrogens with zero attached hydrogens (tertiary/aromatic N) is 1. The number of hydrogen-bond donors (Lipinski definition) is 0. The standard InChI is InChI=1S/C10H23NO2Si/c1-9(8-11(2)3)10(12-4)13-14(5,6)7/h8H2,1-7H3/b10-9-. The lowest BCUT2D eigenvalue weighted by atomic mass is 10.3. The second-order valence-corrected chi connectivity index (χ2v) is 9.15. The highest BCUT2D eigenvalue weighted by Crippen LogP contribution is 2.14. The Morgan fingerprint density at radius 3 is 2.00 bits per heavy atom. The second kappa shape index (κ2) is 5.41. The second-order valence-electron chi connectivity index (χ2n) is 4.72. The van der Waals surface area contributed by atoms with Crippen molar-refractivity contribution in [2.75, 3.05) is 27.7 Å². The summed E-state index contributed by atoms with van der Waals surface area (Å²) in [5.74, 6) is 0.692. The molecular weight excluding hydrogens is 194 g/mol. The summed E-state index contributed by atoms with van der Waals surface area (Å²) in [6.45, 7) is 9.35. The van der Waals surface area contributed by atoms with E-state index in [0.29, 0.717) is 5.95 Å². The first kappa shape index (κ1) is 13.5. The SMILES string of the molecule is CO/C(O[Si](C)(C)C)=C(\C)CN(C)C. The molecule has 4 heteroatoms. The van der Waals surface area contributed by atoms with Crippen molar-refractivity contribution >= 4 is 8.32 Å². The lowest BCUT2D eigenvalue weighted by molar-refractivity contribution is 0.139. The lowest BCUT2D eigenvalue weighted by Crippen LogP contribution is -2.27. The van der Waals surface area contributed by atoms with Crippen LogP contribution in [0.1, 0.15) is 6.92 Å². The summed E-state index contributed by atoms with van der Waals surface area (Å²) in [5.41, 5.74) is 1.14. The fraction of sp³-hybridized carbons (Fsp3) is 0.800. The van der Waals surface area contributed by atoms with E-state index in [2.05, 4.69) is 24.5 Å². The molecule has 0 fully saturated rings. The van der Waals surface area contributed by atoms with Crippen LogP contribution in [0.5, 0.6) is 0 Å². The summed E-state index contributed by atoms with van der Waals surface area (Å²) in [7, 11) is 4.17. The predicted octanol–water partition coefficient (Wildman–Crippen LogP) is 2.28. The molecule has 0 aromatic rings. The molecule has 0 unspecified atom stereocenters. The Bertz CT molecular complexity index is 207. The Kier molecular flexibility index (Phi) is 5.22. The zero-order valence-electron chi connectivity index (χ0n) is 10.5. The molecule has 0 heterocycles. The van der Waals surface area contributed by atoms with Gasteiger partial charge in [-0.3, -0.25) is 0 Å². The molecule has 0 N–H and O–H groups in total. The van der Waals surface area contributed by atoms with Gasteiger partial charge in [0.2, 0.25) is 8.32 Å². The molecule has 0 atom stereocenters. The van der Waals surface area contributed by atoms with Crippen LogP contribution in [0.25, 0.3) is 0 Å². The highest BCUT2D eigenvalue weighted by molar-refractivity contribution is 6.70. The highest BCUT2D eigenvalue weighted by Gasteiger charge is 2.19. The van der Waals surface area contributed by atoms with E-state index in [1.807, 2.05) is 21.0 Å². The summed E-state index contributed by atoms with van der Waals surface area (Å²) >= 11 is 0. The minimum absolute atomic E-state index is 0.692. The third-order valence-corrected chi connectivity index (χ3v) is 2.28. The average Bonchev–Trinajstić information content (AvgIpc) is 1.96. The van der Waals surface area contributed by atoms with E-state index in [4.69, 9.17) is 9.16 Å². The van der Waals surface area contributed by atoms with Gasteiger partial charge in [0, 0.05) is 12.1 Å². The van der Waals surface area contributed by atoms with Gasteiger partial charge in [0.25, 0.3) is 5.95 Å². The van der Waals surface area contributed by atoms with Crippen LogP contribution in [0.4, 0.5) is 0 Å². The summed E-state index contributed by atoms with van der Waals surface area (Å²) < 4.78 is 11.1. The number of likely N-dealkylation sites (N-methyl/N-ethyl adjacent to an activating group) is 1. The van der Waals surface area contributed by atoms with Gasteiger partial charge in [-0.1, -0.05) is 0 Å². The maximum Gasteiger partial charge on any atom is 0.265 e. The van der Waals surface area contributed by atoms with Crippen LogP contribution < -0.4 is 0 Å². The fourth-order valence-corrected chi connectivity index (χ4v) is 1.93. The van der Waals surface area contributed by atoms with Crippen LogP contribution >= 0.6 is 0 Å². The first-order valence-electron chi connectivity index (χ1n) is 4.83. The number of rotatable bonds is 5. The van der Waals surface area contributed by atoms with Crippen LogP contribution in [0.3, 0.4) is 0 Å². The van der Waals surface area contributed by atoms with Crippen molar-refractivity contribution in [1.82, 2.24) is 4.90 Å². The third kappa shape index (κ3) is 6.04. The van der Waals surface area contributed by atoms with Crippen LogP contribution in [0, 0.1) is 0 Å². The molecular formula is C10H23NO2Si. The van der Waals surface area contributed by atoms with Crippen molar-refractivity contribution in [3.63, 3.8) is 0 Å². The van der Waals surface area contributed by atoms with Crippen molar-refractivity contribution in [2.45, 2.75) is 26.6 Å². The molecule has 0 aliphatic heterocycles. The Morgan fingerprint density at radius 2 is 1.71 bits per heavy atom. The number of hydrogen-bond acceptors (Lipinski definition) is 3. The van der Waals surface area contributed by atoms with Crippen LogP contribution in [-0.4, -0.2) is 41.0 Å². The van der Waals surface area contributed by atoms with Gasteiger partial charge in [0.1, 0.15) is 0 Å². The highest BCUT2D eigenvalue weighted by atomic mass is 28.4. The normalized spacial score (nSPS) is 14.0. The maximum atomic E-state index is 5.82. The minimum atomic E-state index is -1.56. The predicted molar refractivity (Wildman–Crippen MR) is 62.7 cm³/mol. The Hall–Kier alpha value is -0.483. The fourth-order valence-electron chi connectivity index (χ4n) is 1.12. The molecule has 0 spiro atoms. The van der Waals surface area contributed by atoms with Crippen molar-refractivity contribution in [1.29, 1.82) is 0 Å². The zero-order valence-corrected chi connectivity index (χ0v) is 11.5. The van der Waals surface area contributed by atoms with Gasteiger partial charge in [-0.2, -0.15) is 0 Å². The molecule has 0 saturated carbocycles.